The molecule has 3 aromatic carbocycles. The number of aryl methyl sites for hydroxylation is 1. The molecule has 0 aliphatic heterocycles. The van der Waals surface area contributed by atoms with Gasteiger partial charge in [-0.1, -0.05) is 42.5 Å². The number of aromatic amines is 1. The van der Waals surface area contributed by atoms with Gasteiger partial charge >= 0.3 is 6.03 Å². The van der Waals surface area contributed by atoms with Crippen LogP contribution in [-0.2, 0) is 13.1 Å². The molecule has 1 heterocycles. The van der Waals surface area contributed by atoms with E-state index in [4.69, 9.17) is 4.74 Å². The van der Waals surface area contributed by atoms with Crippen molar-refractivity contribution >= 4 is 22.6 Å². The first-order valence-electron chi connectivity index (χ1n) is 10.5. The molecule has 7 heteroatoms. The number of carbonyl (C=O) groups excluding carboxylic acids is 1. The number of para-hydroxylation sites is 3. The number of amides is 2. The van der Waals surface area contributed by atoms with Crippen molar-refractivity contribution in [1.82, 2.24) is 9.88 Å². The molecule has 2 N–H and O–H groups in total. The first-order valence-corrected chi connectivity index (χ1v) is 10.5. The lowest BCUT2D eigenvalue weighted by Crippen LogP contribution is -2.35. The van der Waals surface area contributed by atoms with Gasteiger partial charge in [0.05, 0.1) is 24.9 Å². The van der Waals surface area contributed by atoms with E-state index in [2.05, 4.69) is 10.3 Å². The Hall–Kier alpha value is -4.13. The molecule has 1 aromatic heterocycles. The number of nitrogens with zero attached hydrogens (tertiary/aromatic N) is 1. The van der Waals surface area contributed by atoms with Crippen LogP contribution in [0.1, 0.15) is 16.7 Å². The molecule has 0 atom stereocenters. The van der Waals surface area contributed by atoms with Gasteiger partial charge in [-0.3, -0.25) is 4.79 Å². The number of hydrogen-bond donors (Lipinski definition) is 2. The Labute approximate surface area is 190 Å². The molecule has 0 radical (unpaired) electrons. The Kier molecular flexibility index (Phi) is 6.40. The zero-order valence-electron chi connectivity index (χ0n) is 18.4. The van der Waals surface area contributed by atoms with E-state index in [0.29, 0.717) is 17.0 Å². The summed E-state index contributed by atoms with van der Waals surface area (Å²) in [4.78, 5) is 30.5. The minimum atomic E-state index is -0.410. The molecule has 0 saturated heterocycles. The van der Waals surface area contributed by atoms with Crippen LogP contribution in [0.25, 0.3) is 10.9 Å². The van der Waals surface area contributed by atoms with Gasteiger partial charge < -0.3 is 19.9 Å². The predicted octanol–water partition coefficient (Wildman–Crippen LogP) is 5.22. The van der Waals surface area contributed by atoms with Gasteiger partial charge in [-0.05, 0) is 53.8 Å². The van der Waals surface area contributed by atoms with Crippen molar-refractivity contribution in [3.63, 3.8) is 0 Å². The summed E-state index contributed by atoms with van der Waals surface area (Å²) in [6.45, 7) is 2.18. The lowest BCUT2D eigenvalue weighted by atomic mass is 10.1. The lowest BCUT2D eigenvalue weighted by Gasteiger charge is -2.24. The summed E-state index contributed by atoms with van der Waals surface area (Å²) in [5, 5.41) is 3.74. The van der Waals surface area contributed by atoms with Crippen LogP contribution in [0, 0.1) is 12.7 Å². The second-order valence-electron chi connectivity index (χ2n) is 7.78. The molecule has 168 valence electrons. The number of methoxy groups -OCH3 is 1. The molecule has 4 rings (SSSR count). The summed E-state index contributed by atoms with van der Waals surface area (Å²) in [5.74, 6) is 0.164. The fourth-order valence-corrected chi connectivity index (χ4v) is 3.70. The van der Waals surface area contributed by atoms with E-state index in [9.17, 15) is 14.0 Å². The second kappa shape index (κ2) is 9.56. The molecule has 0 bridgehead atoms. The molecule has 0 aliphatic rings. The number of rotatable bonds is 6. The van der Waals surface area contributed by atoms with E-state index in [0.717, 1.165) is 22.0 Å². The average Bonchev–Trinajstić information content (AvgIpc) is 2.81. The topological polar surface area (TPSA) is 74.4 Å². The molecule has 0 saturated carbocycles. The third-order valence-corrected chi connectivity index (χ3v) is 5.45. The fraction of sp³-hybridized carbons (Fsp3) is 0.154. The van der Waals surface area contributed by atoms with Crippen LogP contribution in [0.2, 0.25) is 0 Å². The minimum Gasteiger partial charge on any atom is -0.495 e. The van der Waals surface area contributed by atoms with Gasteiger partial charge in [0.15, 0.2) is 0 Å². The fourth-order valence-electron chi connectivity index (χ4n) is 3.70. The van der Waals surface area contributed by atoms with Crippen molar-refractivity contribution in [3.05, 3.63) is 106 Å². The van der Waals surface area contributed by atoms with Gasteiger partial charge in [0.2, 0.25) is 0 Å². The summed E-state index contributed by atoms with van der Waals surface area (Å²) in [6, 6.07) is 20.2. The Morgan fingerprint density at radius 3 is 2.55 bits per heavy atom. The molecular formula is C26H24FN3O3. The molecule has 2 amide bonds. The largest absolute Gasteiger partial charge is 0.495 e. The van der Waals surface area contributed by atoms with Crippen LogP contribution in [0.15, 0.2) is 77.6 Å². The number of hydrogen-bond acceptors (Lipinski definition) is 3. The monoisotopic (exact) mass is 445 g/mol. The highest BCUT2D eigenvalue weighted by Crippen LogP contribution is 2.24. The molecule has 0 spiro atoms. The zero-order valence-corrected chi connectivity index (χ0v) is 18.4. The van der Waals surface area contributed by atoms with Crippen molar-refractivity contribution in [2.24, 2.45) is 0 Å². The van der Waals surface area contributed by atoms with Crippen LogP contribution < -0.4 is 15.6 Å². The molecule has 33 heavy (non-hydrogen) atoms. The number of anilines is 1. The highest BCUT2D eigenvalue weighted by molar-refractivity contribution is 5.91. The van der Waals surface area contributed by atoms with Gasteiger partial charge in [-0.2, -0.15) is 0 Å². The Morgan fingerprint density at radius 1 is 1.03 bits per heavy atom. The first kappa shape index (κ1) is 22.1. The summed E-state index contributed by atoms with van der Waals surface area (Å²) >= 11 is 0. The van der Waals surface area contributed by atoms with Crippen molar-refractivity contribution in [2.75, 3.05) is 12.4 Å². The van der Waals surface area contributed by atoms with Gasteiger partial charge in [0.25, 0.3) is 5.56 Å². The molecule has 0 aliphatic carbocycles. The number of fused-ring (bicyclic) bond motifs is 1. The summed E-state index contributed by atoms with van der Waals surface area (Å²) in [6.07, 6.45) is 0. The van der Waals surface area contributed by atoms with Gasteiger partial charge in [0.1, 0.15) is 11.6 Å². The smallest absolute Gasteiger partial charge is 0.322 e. The van der Waals surface area contributed by atoms with E-state index >= 15 is 0 Å². The maximum atomic E-state index is 13.4. The first-order chi connectivity index (χ1) is 15.9. The maximum Gasteiger partial charge on any atom is 0.322 e. The summed E-state index contributed by atoms with van der Waals surface area (Å²) < 4.78 is 18.7. The molecule has 0 fully saturated rings. The van der Waals surface area contributed by atoms with E-state index in [-0.39, 0.29) is 24.5 Å². The van der Waals surface area contributed by atoms with Crippen molar-refractivity contribution < 1.29 is 13.9 Å². The van der Waals surface area contributed by atoms with Crippen molar-refractivity contribution in [3.8, 4) is 5.75 Å². The van der Waals surface area contributed by atoms with Gasteiger partial charge in [-0.25, -0.2) is 9.18 Å². The van der Waals surface area contributed by atoms with E-state index in [1.54, 1.807) is 42.5 Å². The number of urea groups is 1. The number of nitrogens with one attached hydrogen (secondary N) is 2. The number of pyridine rings is 1. The Bertz CT molecular complexity index is 1350. The number of benzene rings is 3. The van der Waals surface area contributed by atoms with E-state index < -0.39 is 6.03 Å². The summed E-state index contributed by atoms with van der Waals surface area (Å²) in [5.41, 5.74) is 3.18. The van der Waals surface area contributed by atoms with Crippen LogP contribution in [0.3, 0.4) is 0 Å². The third-order valence-electron chi connectivity index (χ3n) is 5.45. The summed E-state index contributed by atoms with van der Waals surface area (Å²) in [7, 11) is 1.53. The standard InChI is InChI=1S/C26H24FN3O3/c1-17-6-5-7-19-14-20(25(31)29-24(17)19)16-30(15-18-10-12-21(27)13-11-18)26(32)28-22-8-3-4-9-23(22)33-2/h3-14H,15-16H2,1-2H3,(H,28,32)(H,29,31). The molecular weight excluding hydrogens is 421 g/mol. The van der Waals surface area contributed by atoms with E-state index in [1.807, 2.05) is 25.1 Å². The van der Waals surface area contributed by atoms with E-state index in [1.165, 1.54) is 24.1 Å². The van der Waals surface area contributed by atoms with Gasteiger partial charge in [0, 0.05) is 12.1 Å². The van der Waals surface area contributed by atoms with Crippen LogP contribution in [0.5, 0.6) is 5.75 Å². The molecule has 0 unspecified atom stereocenters. The SMILES string of the molecule is COc1ccccc1NC(=O)N(Cc1ccc(F)cc1)Cc1cc2cccc(C)c2[nH]c1=O. The minimum absolute atomic E-state index is 0.0670. The Balaban J connectivity index is 1.67. The number of H-pyrrole nitrogens is 1. The number of aromatic nitrogens is 1. The van der Waals surface area contributed by atoms with Gasteiger partial charge in [-0.15, -0.1) is 0 Å². The highest BCUT2D eigenvalue weighted by atomic mass is 19.1. The Morgan fingerprint density at radius 2 is 1.79 bits per heavy atom. The highest BCUT2D eigenvalue weighted by Gasteiger charge is 2.18. The maximum absolute atomic E-state index is 13.4. The lowest BCUT2D eigenvalue weighted by molar-refractivity contribution is 0.206. The normalized spacial score (nSPS) is 10.8. The number of halogens is 1. The second-order valence-corrected chi connectivity index (χ2v) is 7.78. The van der Waals surface area contributed by atoms with Crippen LogP contribution in [-0.4, -0.2) is 23.0 Å². The quantitative estimate of drug-likeness (QED) is 0.427. The number of carbonyl (C=O) groups is 1. The third kappa shape index (κ3) is 5.03. The van der Waals surface area contributed by atoms with Crippen LogP contribution >= 0.6 is 0 Å². The molecule has 6 nitrogen and oxygen atoms in total. The average molecular weight is 445 g/mol. The van der Waals surface area contributed by atoms with Crippen molar-refractivity contribution in [2.45, 2.75) is 20.0 Å². The number of ether oxygens (including phenoxy) is 1. The van der Waals surface area contributed by atoms with Crippen molar-refractivity contribution in [1.29, 1.82) is 0 Å². The van der Waals surface area contributed by atoms with Crippen LogP contribution in [0.4, 0.5) is 14.9 Å². The molecule has 4 aromatic rings. The predicted molar refractivity (Wildman–Crippen MR) is 127 cm³/mol. The zero-order chi connectivity index (χ0) is 23.4.